The van der Waals surface area contributed by atoms with E-state index in [0.29, 0.717) is 55.7 Å². The monoisotopic (exact) mass is 754 g/mol. The molecule has 0 aliphatic carbocycles. The molecule has 0 unspecified atom stereocenters. The fraction of sp³-hybridized carbons (Fsp3) is 0.512. The molecule has 2 aliphatic rings. The average Bonchev–Trinajstić information content (AvgIpc) is 3.21. The Bertz CT molecular complexity index is 1860. The van der Waals surface area contributed by atoms with Crippen molar-refractivity contribution in [1.29, 1.82) is 0 Å². The van der Waals surface area contributed by atoms with Crippen LogP contribution in [0.15, 0.2) is 77.7 Å². The Hall–Kier alpha value is -4.33. The first-order valence-corrected chi connectivity index (χ1v) is 20.0. The second-order valence-electron chi connectivity index (χ2n) is 14.9. The molecule has 4 N–H and O–H groups in total. The van der Waals surface area contributed by atoms with Crippen LogP contribution in [-0.4, -0.2) is 120 Å². The van der Waals surface area contributed by atoms with Gasteiger partial charge in [0.2, 0.25) is 11.5 Å². The van der Waals surface area contributed by atoms with E-state index in [-0.39, 0.29) is 29.4 Å². The van der Waals surface area contributed by atoms with Crippen LogP contribution in [-0.2, 0) is 27.1 Å². The van der Waals surface area contributed by atoms with Gasteiger partial charge in [-0.05, 0) is 73.1 Å². The van der Waals surface area contributed by atoms with E-state index < -0.39 is 6.10 Å². The molecule has 0 bridgehead atoms. The Morgan fingerprint density at radius 2 is 1.87 bits per heavy atom. The number of benzene rings is 2. The lowest BCUT2D eigenvalue weighted by molar-refractivity contribution is -0.132. The normalized spacial score (nSPS) is 16.4. The quantitative estimate of drug-likeness (QED) is 0.102. The van der Waals surface area contributed by atoms with Crippen molar-refractivity contribution in [2.45, 2.75) is 63.6 Å². The summed E-state index contributed by atoms with van der Waals surface area (Å²) in [5.74, 6) is 1.06. The number of morpholine rings is 1. The van der Waals surface area contributed by atoms with Gasteiger partial charge in [-0.15, -0.1) is 0 Å². The molecule has 4 heterocycles. The number of rotatable bonds is 19. The first-order chi connectivity index (χ1) is 26.8. The topological polar surface area (TPSA) is 143 Å². The average molecular weight is 755 g/mol. The highest BCUT2D eigenvalue weighted by atomic mass is 16.5. The summed E-state index contributed by atoms with van der Waals surface area (Å²) in [5.41, 5.74) is 3.10. The lowest BCUT2D eigenvalue weighted by atomic mass is 9.89. The number of aliphatic hydroxyl groups excluding tert-OH is 1. The van der Waals surface area contributed by atoms with Crippen molar-refractivity contribution < 1.29 is 24.5 Å². The number of phenolic OH excluding ortho intramolecular Hbond substituents is 1. The summed E-state index contributed by atoms with van der Waals surface area (Å²) >= 11 is 0. The Morgan fingerprint density at radius 1 is 1.04 bits per heavy atom. The molecule has 12 heteroatoms. The zero-order valence-corrected chi connectivity index (χ0v) is 32.3. The SMILES string of the molecule is CCCCN(CCNC[C@H](O)c1ccc(O)c2[nH]c(=O)ccc12)C(=O)CCOCCc1cccc(CCN2CCC3(CC2)CN(c2ccccn2)CCO3)c1. The summed E-state index contributed by atoms with van der Waals surface area (Å²) in [6, 6.07) is 21.0. The number of aromatic hydroxyl groups is 1. The standard InChI is InChI=1S/C43H58N6O6/c1-2-3-21-48(25-20-44-31-38(51)35-10-12-37(50)42-36(35)11-13-40(52)46-42)41(53)16-28-54-27-15-34-8-6-7-33(30-34)14-22-47-23-17-43(18-24-47)32-49(26-29-55-43)39-9-4-5-19-45-39/h4-13,19,30,38,44,50-51H,2-3,14-18,20-29,31-32H2,1H3,(H,46,52)/t38-/m0/s1. The number of anilines is 1. The van der Waals surface area contributed by atoms with Crippen LogP contribution >= 0.6 is 0 Å². The van der Waals surface area contributed by atoms with Crippen LogP contribution in [0.3, 0.4) is 0 Å². The summed E-state index contributed by atoms with van der Waals surface area (Å²) in [5, 5.41) is 24.9. The molecule has 4 aromatic rings. The number of pyridine rings is 2. The lowest BCUT2D eigenvalue weighted by Crippen LogP contribution is -2.57. The lowest BCUT2D eigenvalue weighted by Gasteiger charge is -2.47. The van der Waals surface area contributed by atoms with E-state index in [9.17, 15) is 19.8 Å². The fourth-order valence-corrected chi connectivity index (χ4v) is 7.73. The molecule has 1 amide bonds. The van der Waals surface area contributed by atoms with Gasteiger partial charge in [0.15, 0.2) is 0 Å². The number of aliphatic hydroxyl groups is 1. The number of amides is 1. The number of carbonyl (C=O) groups is 1. The number of hydrogen-bond acceptors (Lipinski definition) is 10. The molecule has 1 spiro atoms. The third-order valence-electron chi connectivity index (χ3n) is 11.0. The smallest absolute Gasteiger partial charge is 0.248 e. The van der Waals surface area contributed by atoms with Crippen molar-refractivity contribution in [3.05, 3.63) is 100.0 Å². The molecule has 2 saturated heterocycles. The molecule has 2 aliphatic heterocycles. The van der Waals surface area contributed by atoms with Gasteiger partial charge in [0.05, 0.1) is 43.5 Å². The van der Waals surface area contributed by atoms with Crippen LogP contribution in [0.2, 0.25) is 0 Å². The minimum absolute atomic E-state index is 0.0436. The van der Waals surface area contributed by atoms with E-state index in [1.165, 1.54) is 23.3 Å². The van der Waals surface area contributed by atoms with Gasteiger partial charge in [-0.25, -0.2) is 4.98 Å². The summed E-state index contributed by atoms with van der Waals surface area (Å²) in [7, 11) is 0. The number of carbonyl (C=O) groups excluding carboxylic acids is 1. The molecule has 0 radical (unpaired) electrons. The molecule has 55 heavy (non-hydrogen) atoms. The molecule has 0 saturated carbocycles. The third-order valence-corrected chi connectivity index (χ3v) is 11.0. The van der Waals surface area contributed by atoms with Crippen LogP contribution in [0.1, 0.15) is 61.8 Å². The number of piperidine rings is 1. The van der Waals surface area contributed by atoms with Gasteiger partial charge >= 0.3 is 0 Å². The highest BCUT2D eigenvalue weighted by Crippen LogP contribution is 2.32. The number of aromatic nitrogens is 2. The molecule has 2 fully saturated rings. The third kappa shape index (κ3) is 11.4. The first kappa shape index (κ1) is 40.3. The molecule has 2 aromatic carbocycles. The van der Waals surface area contributed by atoms with Gasteiger partial charge in [0.25, 0.3) is 0 Å². The Labute approximate surface area is 324 Å². The van der Waals surface area contributed by atoms with Crippen molar-refractivity contribution >= 4 is 22.6 Å². The van der Waals surface area contributed by atoms with Gasteiger partial charge in [-0.2, -0.15) is 0 Å². The predicted molar refractivity (Wildman–Crippen MR) is 216 cm³/mol. The summed E-state index contributed by atoms with van der Waals surface area (Å²) in [6.07, 6.45) is 7.14. The van der Waals surface area contributed by atoms with Gasteiger partial charge < -0.3 is 44.7 Å². The van der Waals surface area contributed by atoms with E-state index in [1.807, 2.05) is 17.2 Å². The van der Waals surface area contributed by atoms with Gasteiger partial charge in [-0.1, -0.05) is 49.7 Å². The number of aromatic amines is 1. The molecular weight excluding hydrogens is 697 g/mol. The van der Waals surface area contributed by atoms with Crippen molar-refractivity contribution in [1.82, 2.24) is 25.1 Å². The number of nitrogens with zero attached hydrogens (tertiary/aromatic N) is 4. The van der Waals surface area contributed by atoms with Crippen LogP contribution < -0.4 is 15.8 Å². The minimum atomic E-state index is -0.854. The molecule has 1 atom stereocenters. The predicted octanol–water partition coefficient (Wildman–Crippen LogP) is 4.44. The fourth-order valence-electron chi connectivity index (χ4n) is 7.73. The number of ether oxygens (including phenoxy) is 2. The van der Waals surface area contributed by atoms with Crippen molar-refractivity contribution in [2.24, 2.45) is 0 Å². The number of nitrogens with one attached hydrogen (secondary N) is 2. The van der Waals surface area contributed by atoms with Crippen LogP contribution in [0.25, 0.3) is 10.9 Å². The number of unbranched alkanes of at least 4 members (excludes halogenated alkanes) is 1. The first-order valence-electron chi connectivity index (χ1n) is 20.0. The highest BCUT2D eigenvalue weighted by molar-refractivity contribution is 5.87. The van der Waals surface area contributed by atoms with Crippen molar-refractivity contribution in [2.75, 3.05) is 83.6 Å². The number of fused-ring (bicyclic) bond motifs is 1. The molecule has 12 nitrogen and oxygen atoms in total. The van der Waals surface area contributed by atoms with E-state index in [0.717, 1.165) is 83.7 Å². The Balaban J connectivity index is 0.870. The van der Waals surface area contributed by atoms with Gasteiger partial charge in [0.1, 0.15) is 11.6 Å². The van der Waals surface area contributed by atoms with E-state index in [2.05, 4.69) is 68.4 Å². The summed E-state index contributed by atoms with van der Waals surface area (Å²) in [6.45, 7) is 10.7. The van der Waals surface area contributed by atoms with Crippen LogP contribution in [0.5, 0.6) is 5.75 Å². The second kappa shape index (κ2) is 20.0. The zero-order chi connectivity index (χ0) is 38.5. The largest absolute Gasteiger partial charge is 0.506 e. The minimum Gasteiger partial charge on any atom is -0.506 e. The maximum Gasteiger partial charge on any atom is 0.248 e. The number of likely N-dealkylation sites (tertiary alicyclic amines) is 1. The van der Waals surface area contributed by atoms with E-state index in [1.54, 1.807) is 12.1 Å². The van der Waals surface area contributed by atoms with E-state index in [4.69, 9.17) is 9.47 Å². The Kier molecular flexibility index (Phi) is 14.7. The maximum absolute atomic E-state index is 13.1. The number of H-pyrrole nitrogens is 1. The van der Waals surface area contributed by atoms with Gasteiger partial charge in [-0.3, -0.25) is 9.59 Å². The van der Waals surface area contributed by atoms with Crippen LogP contribution in [0.4, 0.5) is 5.82 Å². The summed E-state index contributed by atoms with van der Waals surface area (Å²) in [4.78, 5) is 38.9. The molecular formula is C43H58N6O6. The molecule has 6 rings (SSSR count). The van der Waals surface area contributed by atoms with Gasteiger partial charge in [0, 0.05) is 76.6 Å². The molecule has 296 valence electrons. The number of phenols is 1. The Morgan fingerprint density at radius 3 is 2.67 bits per heavy atom. The van der Waals surface area contributed by atoms with Crippen molar-refractivity contribution in [3.8, 4) is 5.75 Å². The number of hydrogen-bond donors (Lipinski definition) is 4. The van der Waals surface area contributed by atoms with E-state index >= 15 is 0 Å². The van der Waals surface area contributed by atoms with Crippen molar-refractivity contribution in [3.63, 3.8) is 0 Å². The van der Waals surface area contributed by atoms with Crippen LogP contribution in [0, 0.1) is 0 Å². The highest BCUT2D eigenvalue weighted by Gasteiger charge is 2.40. The molecule has 2 aromatic heterocycles. The zero-order valence-electron chi connectivity index (χ0n) is 32.3. The second-order valence-corrected chi connectivity index (χ2v) is 14.9. The summed E-state index contributed by atoms with van der Waals surface area (Å²) < 4.78 is 12.3. The maximum atomic E-state index is 13.1.